The van der Waals surface area contributed by atoms with Crippen molar-refractivity contribution in [1.82, 2.24) is 0 Å². The van der Waals surface area contributed by atoms with Crippen molar-refractivity contribution in [2.24, 2.45) is 5.92 Å². The second kappa shape index (κ2) is 3.18. The molecule has 0 saturated carbocycles. The van der Waals surface area contributed by atoms with Gasteiger partial charge in [-0.25, -0.2) is 0 Å². The fourth-order valence-electron chi connectivity index (χ4n) is 0.946. The van der Waals surface area contributed by atoms with Crippen molar-refractivity contribution in [1.29, 1.82) is 0 Å². The minimum absolute atomic E-state index is 0.316. The molecule has 2 atom stereocenters. The number of ether oxygens (including phenoxy) is 1. The van der Waals surface area contributed by atoms with Crippen LogP contribution in [0.2, 0.25) is 0 Å². The summed E-state index contributed by atoms with van der Waals surface area (Å²) >= 11 is 0. The van der Waals surface area contributed by atoms with Crippen molar-refractivity contribution in [3.8, 4) is 0 Å². The molecule has 0 spiro atoms. The first kappa shape index (κ1) is 7.03. The maximum absolute atomic E-state index is 8.75. The van der Waals surface area contributed by atoms with Crippen LogP contribution in [0.25, 0.3) is 0 Å². The Morgan fingerprint density at radius 1 is 1.78 bits per heavy atom. The lowest BCUT2D eigenvalue weighted by atomic mass is 10.0. The van der Waals surface area contributed by atoms with E-state index in [9.17, 15) is 0 Å². The molecule has 0 aromatic heterocycles. The van der Waals surface area contributed by atoms with Gasteiger partial charge < -0.3 is 9.84 Å². The molecule has 54 valence electrons. The lowest BCUT2D eigenvalue weighted by Gasteiger charge is -2.07. The fraction of sp³-hybridized carbons (Fsp3) is 1.00. The first-order chi connectivity index (χ1) is 4.36. The molecule has 9 heavy (non-hydrogen) atoms. The molecule has 0 aromatic rings. The summed E-state index contributed by atoms with van der Waals surface area (Å²) in [5.41, 5.74) is 0. The van der Waals surface area contributed by atoms with E-state index in [-0.39, 0.29) is 0 Å². The summed E-state index contributed by atoms with van der Waals surface area (Å²) in [5, 5.41) is 8.75. The molecule has 0 amide bonds. The molecular formula is C7H14O2. The van der Waals surface area contributed by atoms with E-state index < -0.39 is 0 Å². The molecule has 0 bridgehead atoms. The van der Waals surface area contributed by atoms with E-state index >= 15 is 0 Å². The fourth-order valence-corrected chi connectivity index (χ4v) is 0.946. The van der Waals surface area contributed by atoms with Crippen LogP contribution in [0.3, 0.4) is 0 Å². The highest BCUT2D eigenvalue weighted by Gasteiger charge is 2.25. The molecular weight excluding hydrogens is 116 g/mol. The largest absolute Gasteiger partial charge is 0.396 e. The second-order valence-electron chi connectivity index (χ2n) is 2.65. The summed E-state index contributed by atoms with van der Waals surface area (Å²) < 4.78 is 5.03. The van der Waals surface area contributed by atoms with Crippen LogP contribution >= 0.6 is 0 Å². The third-order valence-corrected chi connectivity index (χ3v) is 1.83. The molecule has 1 aliphatic heterocycles. The van der Waals surface area contributed by atoms with Gasteiger partial charge in [0.05, 0.1) is 12.7 Å². The molecule has 1 heterocycles. The third kappa shape index (κ3) is 2.33. The predicted octanol–water partition coefficient (Wildman–Crippen LogP) is 0.794. The minimum Gasteiger partial charge on any atom is -0.396 e. The lowest BCUT2D eigenvalue weighted by Crippen LogP contribution is -2.07. The van der Waals surface area contributed by atoms with Crippen LogP contribution in [0, 0.1) is 5.92 Å². The van der Waals surface area contributed by atoms with Gasteiger partial charge in [-0.05, 0) is 12.3 Å². The molecule has 1 rings (SSSR count). The van der Waals surface area contributed by atoms with Gasteiger partial charge in [0.2, 0.25) is 0 Å². The highest BCUT2D eigenvalue weighted by molar-refractivity contribution is 4.72. The van der Waals surface area contributed by atoms with Crippen LogP contribution in [0.5, 0.6) is 0 Å². The van der Waals surface area contributed by atoms with Crippen molar-refractivity contribution in [3.05, 3.63) is 0 Å². The van der Waals surface area contributed by atoms with Crippen molar-refractivity contribution in [3.63, 3.8) is 0 Å². The topological polar surface area (TPSA) is 32.8 Å². The smallest absolute Gasteiger partial charge is 0.0813 e. The van der Waals surface area contributed by atoms with Crippen molar-refractivity contribution in [2.75, 3.05) is 13.2 Å². The minimum atomic E-state index is 0.316. The Morgan fingerprint density at radius 3 is 2.78 bits per heavy atom. The van der Waals surface area contributed by atoms with Crippen LogP contribution < -0.4 is 0 Å². The van der Waals surface area contributed by atoms with Crippen LogP contribution in [0.1, 0.15) is 19.8 Å². The van der Waals surface area contributed by atoms with Gasteiger partial charge in [-0.1, -0.05) is 13.3 Å². The van der Waals surface area contributed by atoms with Crippen molar-refractivity contribution >= 4 is 0 Å². The number of epoxide rings is 1. The summed E-state index contributed by atoms with van der Waals surface area (Å²) in [6.07, 6.45) is 2.59. The average molecular weight is 130 g/mol. The zero-order valence-electron chi connectivity index (χ0n) is 5.84. The van der Waals surface area contributed by atoms with Gasteiger partial charge >= 0.3 is 0 Å². The normalized spacial score (nSPS) is 28.0. The SMILES string of the molecule is CCC(CO)CC1CO1. The van der Waals surface area contributed by atoms with Gasteiger partial charge in [0.25, 0.3) is 0 Å². The molecule has 2 heteroatoms. The molecule has 0 aromatic carbocycles. The summed E-state index contributed by atoms with van der Waals surface area (Å²) in [6, 6.07) is 0. The Morgan fingerprint density at radius 2 is 2.44 bits per heavy atom. The average Bonchev–Trinajstić information content (AvgIpc) is 2.66. The van der Waals surface area contributed by atoms with Crippen molar-refractivity contribution in [2.45, 2.75) is 25.9 Å². The van der Waals surface area contributed by atoms with Gasteiger partial charge in [0.1, 0.15) is 0 Å². The first-order valence-electron chi connectivity index (χ1n) is 3.59. The highest BCUT2D eigenvalue weighted by atomic mass is 16.6. The van der Waals surface area contributed by atoms with Gasteiger partial charge in [-0.3, -0.25) is 0 Å². The Balaban J connectivity index is 2.05. The van der Waals surface area contributed by atoms with E-state index in [1.165, 1.54) is 0 Å². The number of hydrogen-bond donors (Lipinski definition) is 1. The Hall–Kier alpha value is -0.0800. The van der Waals surface area contributed by atoms with Gasteiger partial charge in [-0.15, -0.1) is 0 Å². The second-order valence-corrected chi connectivity index (χ2v) is 2.65. The van der Waals surface area contributed by atoms with E-state index in [1.807, 2.05) is 0 Å². The molecule has 0 radical (unpaired) electrons. The zero-order chi connectivity index (χ0) is 6.69. The van der Waals surface area contributed by atoms with E-state index in [4.69, 9.17) is 9.84 Å². The number of aliphatic hydroxyl groups is 1. The quantitative estimate of drug-likeness (QED) is 0.571. The summed E-state index contributed by atoms with van der Waals surface area (Å²) in [6.45, 7) is 3.33. The van der Waals surface area contributed by atoms with E-state index in [1.54, 1.807) is 0 Å². The monoisotopic (exact) mass is 130 g/mol. The Bertz CT molecular complexity index is 75.0. The standard InChI is InChI=1S/C7H14O2/c1-2-6(4-8)3-7-5-9-7/h6-8H,2-5H2,1H3. The molecule has 2 unspecified atom stereocenters. The van der Waals surface area contributed by atoms with Gasteiger partial charge in [0, 0.05) is 6.61 Å². The summed E-state index contributed by atoms with van der Waals surface area (Å²) in [4.78, 5) is 0. The van der Waals surface area contributed by atoms with E-state index in [0.717, 1.165) is 19.4 Å². The maximum Gasteiger partial charge on any atom is 0.0813 e. The molecule has 1 fully saturated rings. The van der Waals surface area contributed by atoms with Crippen LogP contribution in [0.4, 0.5) is 0 Å². The Labute approximate surface area is 55.8 Å². The number of aliphatic hydroxyl groups excluding tert-OH is 1. The molecule has 1 aliphatic rings. The molecule has 1 N–H and O–H groups in total. The third-order valence-electron chi connectivity index (χ3n) is 1.83. The lowest BCUT2D eigenvalue weighted by molar-refractivity contribution is 0.203. The maximum atomic E-state index is 8.75. The summed E-state index contributed by atoms with van der Waals surface area (Å²) in [7, 11) is 0. The molecule has 1 saturated heterocycles. The van der Waals surface area contributed by atoms with Gasteiger partial charge in [-0.2, -0.15) is 0 Å². The van der Waals surface area contributed by atoms with Gasteiger partial charge in [0.15, 0.2) is 0 Å². The van der Waals surface area contributed by atoms with E-state index in [0.29, 0.717) is 18.6 Å². The van der Waals surface area contributed by atoms with Crippen LogP contribution in [-0.2, 0) is 4.74 Å². The molecule has 2 nitrogen and oxygen atoms in total. The predicted molar refractivity (Wildman–Crippen MR) is 35.2 cm³/mol. The molecule has 0 aliphatic carbocycles. The van der Waals surface area contributed by atoms with Crippen LogP contribution in [0.15, 0.2) is 0 Å². The zero-order valence-corrected chi connectivity index (χ0v) is 5.84. The Kier molecular flexibility index (Phi) is 2.49. The van der Waals surface area contributed by atoms with E-state index in [2.05, 4.69) is 6.92 Å². The van der Waals surface area contributed by atoms with Crippen LogP contribution in [-0.4, -0.2) is 24.4 Å². The summed E-state index contributed by atoms with van der Waals surface area (Å²) in [5.74, 6) is 0.470. The number of rotatable bonds is 4. The highest BCUT2D eigenvalue weighted by Crippen LogP contribution is 2.20. The first-order valence-corrected chi connectivity index (χ1v) is 3.59. The number of hydrogen-bond acceptors (Lipinski definition) is 2. The van der Waals surface area contributed by atoms with Crippen molar-refractivity contribution < 1.29 is 9.84 Å².